The predicted octanol–water partition coefficient (Wildman–Crippen LogP) is 8.27. The van der Waals surface area contributed by atoms with E-state index in [2.05, 4.69) is 24.8 Å². The third kappa shape index (κ3) is 6.62. The molecule has 0 bridgehead atoms. The molecule has 0 amide bonds. The van der Waals surface area contributed by atoms with Crippen molar-refractivity contribution in [1.82, 2.24) is 0 Å². The van der Waals surface area contributed by atoms with E-state index in [0.29, 0.717) is 11.5 Å². The Morgan fingerprint density at radius 1 is 1.06 bits per heavy atom. The summed E-state index contributed by atoms with van der Waals surface area (Å²) in [5, 5.41) is 0. The van der Waals surface area contributed by atoms with Gasteiger partial charge in [0, 0.05) is 6.07 Å². The lowest BCUT2D eigenvalue weighted by Crippen LogP contribution is -2.30. The molecule has 2 aromatic carbocycles. The zero-order valence-corrected chi connectivity index (χ0v) is 20.8. The van der Waals surface area contributed by atoms with Crippen LogP contribution >= 0.6 is 0 Å². The maximum Gasteiger partial charge on any atom is 0.343 e. The van der Waals surface area contributed by atoms with Crippen molar-refractivity contribution in [3.8, 4) is 11.5 Å². The van der Waals surface area contributed by atoms with E-state index in [9.17, 15) is 9.18 Å². The van der Waals surface area contributed by atoms with Gasteiger partial charge in [-0.2, -0.15) is 0 Å². The van der Waals surface area contributed by atoms with Gasteiger partial charge in [0.25, 0.3) is 0 Å². The van der Waals surface area contributed by atoms with Crippen molar-refractivity contribution < 1.29 is 18.7 Å². The molecule has 35 heavy (non-hydrogen) atoms. The quantitative estimate of drug-likeness (QED) is 0.208. The summed E-state index contributed by atoms with van der Waals surface area (Å²) in [5.74, 6) is 2.41. The Labute approximate surface area is 209 Å². The highest BCUT2D eigenvalue weighted by Crippen LogP contribution is 2.48. The number of carbonyl (C=O) groups excluding carboxylic acids is 1. The fourth-order valence-electron chi connectivity index (χ4n) is 5.86. The SMILES string of the molecule is C=CCCC1CCC2CC(c3ccc(C(=O)Oc4ccc(OC/C=C/C)c(F)c4)cc3)CCC2C1. The molecule has 0 aromatic heterocycles. The van der Waals surface area contributed by atoms with Gasteiger partial charge in [0.05, 0.1) is 5.56 Å². The van der Waals surface area contributed by atoms with Gasteiger partial charge in [-0.1, -0.05) is 36.8 Å². The first-order valence-electron chi connectivity index (χ1n) is 13.0. The molecule has 2 saturated carbocycles. The molecular formula is C31H37FO3. The van der Waals surface area contributed by atoms with Gasteiger partial charge >= 0.3 is 5.97 Å². The summed E-state index contributed by atoms with van der Waals surface area (Å²) in [7, 11) is 0. The third-order valence-corrected chi connectivity index (χ3v) is 7.80. The minimum atomic E-state index is -0.555. The lowest BCUT2D eigenvalue weighted by atomic mass is 9.63. The molecule has 0 spiro atoms. The van der Waals surface area contributed by atoms with E-state index < -0.39 is 11.8 Å². The number of hydrogen-bond donors (Lipinski definition) is 0. The van der Waals surface area contributed by atoms with Gasteiger partial charge < -0.3 is 9.47 Å². The van der Waals surface area contributed by atoms with Crippen LogP contribution in [0.1, 0.15) is 80.1 Å². The van der Waals surface area contributed by atoms with E-state index in [4.69, 9.17) is 9.47 Å². The number of halogens is 1. The molecule has 186 valence electrons. The molecule has 2 aliphatic rings. The summed E-state index contributed by atoms with van der Waals surface area (Å²) in [6.45, 7) is 6.04. The highest BCUT2D eigenvalue weighted by atomic mass is 19.1. The highest BCUT2D eigenvalue weighted by Gasteiger charge is 2.35. The van der Waals surface area contributed by atoms with Gasteiger partial charge in [0.2, 0.25) is 0 Å². The Morgan fingerprint density at radius 3 is 2.57 bits per heavy atom. The monoisotopic (exact) mass is 476 g/mol. The van der Waals surface area contributed by atoms with Crippen molar-refractivity contribution in [2.24, 2.45) is 17.8 Å². The number of carbonyl (C=O) groups is 1. The molecule has 4 heteroatoms. The van der Waals surface area contributed by atoms with Crippen LogP contribution in [0.15, 0.2) is 67.3 Å². The molecule has 4 unspecified atom stereocenters. The van der Waals surface area contributed by atoms with Gasteiger partial charge in [-0.25, -0.2) is 9.18 Å². The minimum Gasteiger partial charge on any atom is -0.486 e. The normalized spacial score (nSPS) is 24.1. The number of hydrogen-bond acceptors (Lipinski definition) is 3. The van der Waals surface area contributed by atoms with Crippen molar-refractivity contribution in [3.63, 3.8) is 0 Å². The van der Waals surface area contributed by atoms with Crippen LogP contribution in [0.5, 0.6) is 11.5 Å². The number of fused-ring (bicyclic) bond motifs is 1. The lowest BCUT2D eigenvalue weighted by Gasteiger charge is -2.42. The average Bonchev–Trinajstić information content (AvgIpc) is 2.88. The van der Waals surface area contributed by atoms with Gasteiger partial charge in [0.15, 0.2) is 11.6 Å². The third-order valence-electron chi connectivity index (χ3n) is 7.80. The molecule has 3 nitrogen and oxygen atoms in total. The Bertz CT molecular complexity index is 1030. The van der Waals surface area contributed by atoms with Crippen LogP contribution < -0.4 is 9.47 Å². The van der Waals surface area contributed by atoms with Crippen LogP contribution in [0.2, 0.25) is 0 Å². The molecule has 4 atom stereocenters. The Balaban J connectivity index is 1.31. The molecule has 2 fully saturated rings. The topological polar surface area (TPSA) is 35.5 Å². The van der Waals surface area contributed by atoms with Gasteiger partial charge in [-0.15, -0.1) is 6.58 Å². The summed E-state index contributed by atoms with van der Waals surface area (Å²) >= 11 is 0. The van der Waals surface area contributed by atoms with Crippen molar-refractivity contribution in [2.75, 3.05) is 6.61 Å². The molecule has 2 aromatic rings. The van der Waals surface area contributed by atoms with Crippen LogP contribution in [0, 0.1) is 23.6 Å². The van der Waals surface area contributed by atoms with Crippen LogP contribution in [-0.2, 0) is 0 Å². The molecule has 0 N–H and O–H groups in total. The first kappa shape index (κ1) is 25.2. The Hall–Kier alpha value is -2.88. The largest absolute Gasteiger partial charge is 0.486 e. The number of benzene rings is 2. The zero-order chi connectivity index (χ0) is 24.6. The number of rotatable bonds is 9. The molecule has 0 saturated heterocycles. The van der Waals surface area contributed by atoms with Crippen molar-refractivity contribution in [3.05, 3.63) is 84.2 Å². The molecular weight excluding hydrogens is 439 g/mol. The lowest BCUT2D eigenvalue weighted by molar-refractivity contribution is 0.0734. The summed E-state index contributed by atoms with van der Waals surface area (Å²) in [6.07, 6.45) is 16.0. The zero-order valence-electron chi connectivity index (χ0n) is 20.8. The number of allylic oxidation sites excluding steroid dienone is 2. The van der Waals surface area contributed by atoms with Crippen LogP contribution in [0.25, 0.3) is 0 Å². The fraction of sp³-hybridized carbons (Fsp3) is 0.452. The first-order chi connectivity index (χ1) is 17.1. The fourth-order valence-corrected chi connectivity index (χ4v) is 5.86. The van der Waals surface area contributed by atoms with Crippen molar-refractivity contribution in [1.29, 1.82) is 0 Å². The summed E-state index contributed by atoms with van der Waals surface area (Å²) < 4.78 is 25.0. The van der Waals surface area contributed by atoms with E-state index in [1.54, 1.807) is 12.1 Å². The van der Waals surface area contributed by atoms with Crippen LogP contribution in [-0.4, -0.2) is 12.6 Å². The van der Waals surface area contributed by atoms with Gasteiger partial charge in [-0.05, 0) is 105 Å². The van der Waals surface area contributed by atoms with E-state index in [1.165, 1.54) is 62.6 Å². The van der Waals surface area contributed by atoms with Crippen molar-refractivity contribution >= 4 is 5.97 Å². The predicted molar refractivity (Wildman–Crippen MR) is 138 cm³/mol. The van der Waals surface area contributed by atoms with E-state index in [1.807, 2.05) is 25.1 Å². The second kappa shape index (κ2) is 12.2. The average molecular weight is 477 g/mol. The number of esters is 1. The second-order valence-electron chi connectivity index (χ2n) is 10.1. The van der Waals surface area contributed by atoms with Gasteiger partial charge in [0.1, 0.15) is 12.4 Å². The second-order valence-corrected chi connectivity index (χ2v) is 10.1. The number of ether oxygens (including phenoxy) is 2. The highest BCUT2D eigenvalue weighted by molar-refractivity contribution is 5.91. The summed E-state index contributed by atoms with van der Waals surface area (Å²) in [5.41, 5.74) is 1.78. The molecule has 2 aliphatic carbocycles. The smallest absolute Gasteiger partial charge is 0.343 e. The summed E-state index contributed by atoms with van der Waals surface area (Å²) in [4.78, 5) is 12.6. The Kier molecular flexibility index (Phi) is 8.79. The van der Waals surface area contributed by atoms with E-state index >= 15 is 0 Å². The standard InChI is InChI=1S/C31H37FO3/c1-3-5-7-22-8-9-27-20-26(15-14-25(27)19-22)23-10-12-24(13-11-23)31(33)35-28-16-17-30(29(32)21-28)34-18-6-4-2/h3-4,6,10-13,16-17,21-22,25-27H,1,5,7-9,14-15,18-20H2,2H3/b6-4+. The first-order valence-corrected chi connectivity index (χ1v) is 13.0. The maximum atomic E-state index is 14.2. The molecule has 0 heterocycles. The summed E-state index contributed by atoms with van der Waals surface area (Å²) in [6, 6.07) is 12.0. The van der Waals surface area contributed by atoms with Gasteiger partial charge in [-0.3, -0.25) is 0 Å². The Morgan fingerprint density at radius 2 is 1.83 bits per heavy atom. The van der Waals surface area contributed by atoms with Crippen LogP contribution in [0.4, 0.5) is 4.39 Å². The van der Waals surface area contributed by atoms with Crippen LogP contribution in [0.3, 0.4) is 0 Å². The van der Waals surface area contributed by atoms with E-state index in [0.717, 1.165) is 24.2 Å². The van der Waals surface area contributed by atoms with Crippen molar-refractivity contribution in [2.45, 2.75) is 64.2 Å². The molecule has 4 rings (SSSR count). The molecule has 0 radical (unpaired) electrons. The molecule has 0 aliphatic heterocycles. The minimum absolute atomic E-state index is 0.132. The van der Waals surface area contributed by atoms with E-state index in [-0.39, 0.29) is 18.1 Å². The maximum absolute atomic E-state index is 14.2.